The molecule has 1 fully saturated rings. The monoisotopic (exact) mass is 271 g/mol. The maximum Gasteiger partial charge on any atom is 0.231 e. The van der Waals surface area contributed by atoms with E-state index >= 15 is 0 Å². The maximum atomic E-state index is 10.9. The molecule has 0 saturated carbocycles. The van der Waals surface area contributed by atoms with Gasteiger partial charge in [-0.15, -0.1) is 0 Å². The van der Waals surface area contributed by atoms with E-state index in [1.807, 2.05) is 11.9 Å². The first kappa shape index (κ1) is 16.4. The fraction of sp³-hybridized carbons (Fsp3) is 0.929. The topological polar surface area (TPSA) is 58.8 Å². The Morgan fingerprint density at radius 2 is 2.32 bits per heavy atom. The summed E-state index contributed by atoms with van der Waals surface area (Å²) in [5, 5.41) is 0. The first-order chi connectivity index (χ1) is 9.01. The van der Waals surface area contributed by atoms with Gasteiger partial charge in [0.1, 0.15) is 0 Å². The molecule has 0 aromatic carbocycles. The smallest absolute Gasteiger partial charge is 0.231 e. The summed E-state index contributed by atoms with van der Waals surface area (Å²) in [4.78, 5) is 15.3. The van der Waals surface area contributed by atoms with Crippen LogP contribution in [0.3, 0.4) is 0 Å². The third kappa shape index (κ3) is 6.89. The van der Waals surface area contributed by atoms with Crippen LogP contribution in [-0.4, -0.2) is 68.2 Å². The molecule has 0 aromatic rings. The van der Waals surface area contributed by atoms with Crippen LogP contribution < -0.4 is 5.73 Å². The quantitative estimate of drug-likeness (QED) is 0.700. The zero-order valence-corrected chi connectivity index (χ0v) is 12.6. The van der Waals surface area contributed by atoms with E-state index in [2.05, 4.69) is 18.7 Å². The number of morpholine rings is 1. The molecule has 1 aliphatic heterocycles. The number of primary amides is 1. The van der Waals surface area contributed by atoms with Crippen molar-refractivity contribution < 1.29 is 9.53 Å². The lowest BCUT2D eigenvalue weighted by molar-refractivity contribution is -0.119. The summed E-state index contributed by atoms with van der Waals surface area (Å²) in [7, 11) is 1.91. The fourth-order valence-corrected chi connectivity index (χ4v) is 2.76. The fourth-order valence-electron chi connectivity index (χ4n) is 2.76. The largest absolute Gasteiger partial charge is 0.374 e. The Labute approximate surface area is 117 Å². The van der Waals surface area contributed by atoms with E-state index in [1.54, 1.807) is 0 Å². The number of likely N-dealkylation sites (N-methyl/N-ethyl adjacent to an activating group) is 1. The van der Waals surface area contributed by atoms with E-state index in [-0.39, 0.29) is 12.0 Å². The summed E-state index contributed by atoms with van der Waals surface area (Å²) in [6, 6.07) is 0. The number of hydrogen-bond acceptors (Lipinski definition) is 4. The van der Waals surface area contributed by atoms with Gasteiger partial charge in [-0.25, -0.2) is 0 Å². The molecular weight excluding hydrogens is 242 g/mol. The van der Waals surface area contributed by atoms with Crippen LogP contribution in [0.1, 0.15) is 26.7 Å². The van der Waals surface area contributed by atoms with Gasteiger partial charge in [0.15, 0.2) is 0 Å². The second-order valence-corrected chi connectivity index (χ2v) is 5.81. The Morgan fingerprint density at radius 1 is 1.58 bits per heavy atom. The van der Waals surface area contributed by atoms with Crippen molar-refractivity contribution in [1.29, 1.82) is 0 Å². The highest BCUT2D eigenvalue weighted by molar-refractivity contribution is 5.75. The Morgan fingerprint density at radius 3 is 2.95 bits per heavy atom. The third-order valence-electron chi connectivity index (χ3n) is 3.52. The van der Waals surface area contributed by atoms with Gasteiger partial charge >= 0.3 is 0 Å². The molecule has 1 aliphatic rings. The summed E-state index contributed by atoms with van der Waals surface area (Å²) in [6.07, 6.45) is 2.71. The van der Waals surface area contributed by atoms with Crippen molar-refractivity contribution in [2.45, 2.75) is 32.8 Å². The SMILES string of the molecule is CCCC(C)CN1CCOC(CN(C)CC(N)=O)C1. The summed E-state index contributed by atoms with van der Waals surface area (Å²) in [6.45, 7) is 9.51. The van der Waals surface area contributed by atoms with Gasteiger partial charge in [0.05, 0.1) is 19.3 Å². The molecule has 0 spiro atoms. The zero-order valence-electron chi connectivity index (χ0n) is 12.6. The van der Waals surface area contributed by atoms with Crippen LogP contribution >= 0.6 is 0 Å². The lowest BCUT2D eigenvalue weighted by Crippen LogP contribution is -2.48. The number of carbonyl (C=O) groups is 1. The Balaban J connectivity index is 2.31. The number of hydrogen-bond donors (Lipinski definition) is 1. The third-order valence-corrected chi connectivity index (χ3v) is 3.52. The van der Waals surface area contributed by atoms with Crippen LogP contribution in [0.5, 0.6) is 0 Å². The van der Waals surface area contributed by atoms with Crippen molar-refractivity contribution in [3.8, 4) is 0 Å². The molecule has 2 unspecified atom stereocenters. The highest BCUT2D eigenvalue weighted by Crippen LogP contribution is 2.12. The van der Waals surface area contributed by atoms with Gasteiger partial charge in [-0.1, -0.05) is 20.3 Å². The number of carbonyl (C=O) groups excluding carboxylic acids is 1. The number of rotatable bonds is 8. The number of ether oxygens (including phenoxy) is 1. The molecule has 19 heavy (non-hydrogen) atoms. The minimum absolute atomic E-state index is 0.187. The molecule has 5 heteroatoms. The number of nitrogens with zero attached hydrogens (tertiary/aromatic N) is 2. The average Bonchev–Trinajstić information content (AvgIpc) is 2.28. The maximum absolute atomic E-state index is 10.9. The van der Waals surface area contributed by atoms with Gasteiger partial charge in [0.2, 0.25) is 5.91 Å². The van der Waals surface area contributed by atoms with Crippen LogP contribution in [0.15, 0.2) is 0 Å². The minimum atomic E-state index is -0.285. The highest BCUT2D eigenvalue weighted by Gasteiger charge is 2.22. The summed E-state index contributed by atoms with van der Waals surface area (Å²) < 4.78 is 5.77. The Bertz CT molecular complexity index is 273. The average molecular weight is 271 g/mol. The standard InChI is InChI=1S/C14H29N3O2/c1-4-5-12(2)8-17-6-7-19-13(10-17)9-16(3)11-14(15)18/h12-13H,4-11H2,1-3H3,(H2,15,18). The normalized spacial score (nSPS) is 22.6. The summed E-state index contributed by atoms with van der Waals surface area (Å²) >= 11 is 0. The van der Waals surface area contributed by atoms with Crippen molar-refractivity contribution in [1.82, 2.24) is 9.80 Å². The molecule has 1 rings (SSSR count). The van der Waals surface area contributed by atoms with E-state index in [0.717, 1.165) is 38.7 Å². The Hall–Kier alpha value is -0.650. The van der Waals surface area contributed by atoms with Crippen molar-refractivity contribution in [3.63, 3.8) is 0 Å². The lowest BCUT2D eigenvalue weighted by atomic mass is 10.1. The summed E-state index contributed by atoms with van der Waals surface area (Å²) in [5.74, 6) is 0.457. The van der Waals surface area contributed by atoms with Crippen molar-refractivity contribution >= 4 is 5.91 Å². The molecule has 2 N–H and O–H groups in total. The van der Waals surface area contributed by atoms with Gasteiger partial charge in [-0.05, 0) is 19.4 Å². The van der Waals surface area contributed by atoms with E-state index in [4.69, 9.17) is 10.5 Å². The predicted molar refractivity (Wildman–Crippen MR) is 76.9 cm³/mol. The zero-order chi connectivity index (χ0) is 14.3. The second-order valence-electron chi connectivity index (χ2n) is 5.81. The first-order valence-electron chi connectivity index (χ1n) is 7.32. The molecule has 1 saturated heterocycles. The molecule has 0 aromatic heterocycles. The Kier molecular flexibility index (Phi) is 7.34. The minimum Gasteiger partial charge on any atom is -0.374 e. The molecule has 0 bridgehead atoms. The molecule has 5 nitrogen and oxygen atoms in total. The second kappa shape index (κ2) is 8.51. The van der Waals surface area contributed by atoms with Gasteiger partial charge < -0.3 is 10.5 Å². The van der Waals surface area contributed by atoms with Crippen LogP contribution in [0.25, 0.3) is 0 Å². The molecular formula is C14H29N3O2. The van der Waals surface area contributed by atoms with Crippen molar-refractivity contribution in [2.24, 2.45) is 11.7 Å². The van der Waals surface area contributed by atoms with E-state index in [1.165, 1.54) is 12.8 Å². The summed E-state index contributed by atoms with van der Waals surface area (Å²) in [5.41, 5.74) is 5.19. The molecule has 112 valence electrons. The lowest BCUT2D eigenvalue weighted by Gasteiger charge is -2.35. The van der Waals surface area contributed by atoms with Crippen molar-refractivity contribution in [3.05, 3.63) is 0 Å². The number of nitrogens with two attached hydrogens (primary N) is 1. The predicted octanol–water partition coefficient (Wildman–Crippen LogP) is 0.541. The van der Waals surface area contributed by atoms with Crippen molar-refractivity contribution in [2.75, 3.05) is 46.4 Å². The first-order valence-corrected chi connectivity index (χ1v) is 7.32. The van der Waals surface area contributed by atoms with Gasteiger partial charge in [-0.3, -0.25) is 14.6 Å². The van der Waals surface area contributed by atoms with Gasteiger partial charge in [0.25, 0.3) is 0 Å². The van der Waals surface area contributed by atoms with E-state index in [0.29, 0.717) is 6.54 Å². The van der Waals surface area contributed by atoms with Crippen LogP contribution in [0.4, 0.5) is 0 Å². The van der Waals surface area contributed by atoms with Crippen LogP contribution in [0, 0.1) is 5.92 Å². The molecule has 1 heterocycles. The van der Waals surface area contributed by atoms with E-state index in [9.17, 15) is 4.79 Å². The molecule has 0 aliphatic carbocycles. The van der Waals surface area contributed by atoms with Gasteiger partial charge in [0, 0.05) is 26.2 Å². The number of amides is 1. The van der Waals surface area contributed by atoms with E-state index < -0.39 is 0 Å². The van der Waals surface area contributed by atoms with Gasteiger partial charge in [-0.2, -0.15) is 0 Å². The highest BCUT2D eigenvalue weighted by atomic mass is 16.5. The van der Waals surface area contributed by atoms with Crippen LogP contribution in [0.2, 0.25) is 0 Å². The molecule has 2 atom stereocenters. The van der Waals surface area contributed by atoms with Crippen LogP contribution in [-0.2, 0) is 9.53 Å². The molecule has 1 amide bonds. The molecule has 0 radical (unpaired) electrons.